The maximum atomic E-state index is 13.1. The average Bonchev–Trinajstić information content (AvgIpc) is 0.906. The Balaban J connectivity index is 5.45. The molecule has 0 amide bonds. The van der Waals surface area contributed by atoms with E-state index in [4.69, 9.17) is 37.0 Å². The third kappa shape index (κ3) is 78.8. The van der Waals surface area contributed by atoms with Gasteiger partial charge in [0.15, 0.2) is 12.2 Å². The largest absolute Gasteiger partial charge is 0.472 e. The van der Waals surface area contributed by atoms with Gasteiger partial charge < -0.3 is 33.8 Å². The molecule has 5 unspecified atom stereocenters. The molecule has 0 bridgehead atoms. The van der Waals surface area contributed by atoms with E-state index in [2.05, 4.69) is 186 Å². The predicted octanol–water partition coefficient (Wildman–Crippen LogP) is 24.8. The van der Waals surface area contributed by atoms with Crippen molar-refractivity contribution in [2.75, 3.05) is 39.6 Å². The lowest BCUT2D eigenvalue weighted by atomic mass is 10.1. The minimum atomic E-state index is -5.00. The number of phosphoric acid groups is 2. The van der Waals surface area contributed by atoms with Gasteiger partial charge in [0.2, 0.25) is 0 Å². The van der Waals surface area contributed by atoms with E-state index in [-0.39, 0.29) is 25.7 Å². The molecule has 19 heteroatoms. The van der Waals surface area contributed by atoms with Crippen LogP contribution in [0.1, 0.15) is 323 Å². The van der Waals surface area contributed by atoms with Crippen LogP contribution in [0.2, 0.25) is 0 Å². The summed E-state index contributed by atoms with van der Waals surface area (Å²) in [6.45, 7) is 4.52. The van der Waals surface area contributed by atoms with Gasteiger partial charge in [0.25, 0.3) is 0 Å². The van der Waals surface area contributed by atoms with Gasteiger partial charge in [-0.3, -0.25) is 37.3 Å². The minimum absolute atomic E-state index is 0.0584. The molecule has 0 aromatic rings. The Morgan fingerprint density at radius 1 is 0.269 bits per heavy atom. The summed E-state index contributed by atoms with van der Waals surface area (Å²) < 4.78 is 68.7. The normalized spacial score (nSPS) is 14.6. The number of hydrogen-bond acceptors (Lipinski definition) is 15. The molecule has 0 saturated carbocycles. The SMILES string of the molecule is CC/C=C\C/C=C\C/C=C\C/C=C\CCCCCCC(=O)OCC(COP(=O)(O)OCC(O)COP(=O)(O)OCC(COC(=O)CCCCCCCC/C=C\C/C=C\C/C=C\CCCCC)OC(=O)CCCCCC/C=C\C/C=C\C/C=C\C/C=C\CC)OC(=O)CCCCCCC/C=C\C/C=C\CCCCC. The summed E-state index contributed by atoms with van der Waals surface area (Å²) in [7, 11) is -10.00. The molecule has 0 fully saturated rings. The summed E-state index contributed by atoms with van der Waals surface area (Å²) in [5, 5.41) is 10.7. The Kier molecular flexibility index (Phi) is 75.8. The van der Waals surface area contributed by atoms with Gasteiger partial charge in [-0.05, 0) is 173 Å². The Hall–Kier alpha value is -5.32. The van der Waals surface area contributed by atoms with Crippen LogP contribution in [0.15, 0.2) is 158 Å². The van der Waals surface area contributed by atoms with Crippen LogP contribution in [0, 0.1) is 0 Å². The van der Waals surface area contributed by atoms with E-state index in [9.17, 15) is 43.2 Å². The van der Waals surface area contributed by atoms with Crippen molar-refractivity contribution in [3.05, 3.63) is 158 Å². The molecule has 0 aliphatic rings. The first-order valence-corrected chi connectivity index (χ1v) is 44.7. The van der Waals surface area contributed by atoms with Crippen molar-refractivity contribution in [2.24, 2.45) is 0 Å². The summed E-state index contributed by atoms with van der Waals surface area (Å²) in [5.41, 5.74) is 0. The lowest BCUT2D eigenvalue weighted by Crippen LogP contribution is -2.30. The van der Waals surface area contributed by atoms with Gasteiger partial charge >= 0.3 is 39.5 Å². The Morgan fingerprint density at radius 2 is 0.481 bits per heavy atom. The van der Waals surface area contributed by atoms with Gasteiger partial charge in [-0.25, -0.2) is 9.13 Å². The monoisotopic (exact) mass is 1550 g/mol. The number of allylic oxidation sites excluding steroid dienone is 26. The zero-order valence-electron chi connectivity index (χ0n) is 67.5. The van der Waals surface area contributed by atoms with E-state index in [0.29, 0.717) is 25.7 Å². The fourth-order valence-electron chi connectivity index (χ4n) is 10.7. The highest BCUT2D eigenvalue weighted by atomic mass is 31.2. The van der Waals surface area contributed by atoms with Gasteiger partial charge in [-0.1, -0.05) is 282 Å². The molecule has 0 aromatic carbocycles. The van der Waals surface area contributed by atoms with Crippen LogP contribution in [0.5, 0.6) is 0 Å². The van der Waals surface area contributed by atoms with Crippen molar-refractivity contribution in [3.63, 3.8) is 0 Å². The van der Waals surface area contributed by atoms with Crippen molar-refractivity contribution < 1.29 is 80.2 Å². The number of carbonyl (C=O) groups is 4. The van der Waals surface area contributed by atoms with E-state index >= 15 is 0 Å². The van der Waals surface area contributed by atoms with E-state index in [0.717, 1.165) is 205 Å². The average molecular weight is 1550 g/mol. The fraction of sp³-hybridized carbons (Fsp3) is 0.663. The van der Waals surface area contributed by atoms with Gasteiger partial charge in [-0.2, -0.15) is 0 Å². The molecule has 5 atom stereocenters. The van der Waals surface area contributed by atoms with Crippen molar-refractivity contribution in [3.8, 4) is 0 Å². The van der Waals surface area contributed by atoms with Gasteiger partial charge in [0, 0.05) is 25.7 Å². The number of rotatable bonds is 77. The topological polar surface area (TPSA) is 237 Å². The van der Waals surface area contributed by atoms with Gasteiger partial charge in [0.05, 0.1) is 26.4 Å². The third-order valence-corrected chi connectivity index (χ3v) is 18.9. The second-order valence-corrected chi connectivity index (χ2v) is 30.2. The summed E-state index contributed by atoms with van der Waals surface area (Å²) in [5.74, 6) is -2.26. The summed E-state index contributed by atoms with van der Waals surface area (Å²) in [6, 6.07) is 0. The summed E-state index contributed by atoms with van der Waals surface area (Å²) >= 11 is 0. The number of aliphatic hydroxyl groups excluding tert-OH is 1. The van der Waals surface area contributed by atoms with Crippen LogP contribution in [-0.2, 0) is 65.4 Å². The number of ether oxygens (including phenoxy) is 4. The van der Waals surface area contributed by atoms with Crippen molar-refractivity contribution in [2.45, 2.75) is 341 Å². The maximum absolute atomic E-state index is 13.1. The molecular weight excluding hydrogens is 1400 g/mol. The van der Waals surface area contributed by atoms with Crippen molar-refractivity contribution in [1.82, 2.24) is 0 Å². The van der Waals surface area contributed by atoms with Gasteiger partial charge in [-0.15, -0.1) is 0 Å². The third-order valence-electron chi connectivity index (χ3n) is 17.0. The molecule has 0 spiro atoms. The number of phosphoric ester groups is 2. The molecule has 0 aromatic heterocycles. The molecule has 0 rings (SSSR count). The van der Waals surface area contributed by atoms with Crippen LogP contribution in [-0.4, -0.2) is 96.7 Å². The number of unbranched alkanes of at least 4 members (excludes halogenated alkanes) is 25. The Labute approximate surface area is 655 Å². The summed E-state index contributed by atoms with van der Waals surface area (Å²) in [6.07, 6.45) is 93.4. The van der Waals surface area contributed by atoms with Crippen LogP contribution >= 0.6 is 15.6 Å². The van der Waals surface area contributed by atoms with Crippen LogP contribution in [0.4, 0.5) is 0 Å². The Morgan fingerprint density at radius 3 is 0.741 bits per heavy atom. The zero-order valence-corrected chi connectivity index (χ0v) is 69.3. The molecule has 0 heterocycles. The second kappa shape index (κ2) is 79.8. The minimum Gasteiger partial charge on any atom is -0.462 e. The quantitative estimate of drug-likeness (QED) is 0.0169. The van der Waals surface area contributed by atoms with Crippen molar-refractivity contribution in [1.29, 1.82) is 0 Å². The first-order chi connectivity index (χ1) is 52.7. The molecule has 108 heavy (non-hydrogen) atoms. The van der Waals surface area contributed by atoms with E-state index in [1.165, 1.54) is 38.5 Å². The number of hydrogen-bond donors (Lipinski definition) is 3. The lowest BCUT2D eigenvalue weighted by molar-refractivity contribution is -0.161. The molecule has 0 saturated heterocycles. The molecule has 3 N–H and O–H groups in total. The van der Waals surface area contributed by atoms with Crippen LogP contribution < -0.4 is 0 Å². The molecule has 17 nitrogen and oxygen atoms in total. The van der Waals surface area contributed by atoms with Crippen LogP contribution in [0.3, 0.4) is 0 Å². The number of aliphatic hydroxyl groups is 1. The Bertz CT molecular complexity index is 2660. The predicted molar refractivity (Wildman–Crippen MR) is 445 cm³/mol. The molecule has 616 valence electrons. The van der Waals surface area contributed by atoms with Crippen molar-refractivity contribution >= 4 is 39.5 Å². The zero-order chi connectivity index (χ0) is 78.9. The van der Waals surface area contributed by atoms with E-state index in [1.807, 2.05) is 0 Å². The standard InChI is InChI=1S/C89H148O17P2/c1-5-9-13-17-21-25-29-33-37-40-41-44-47-50-54-58-62-66-70-74-87(92)100-80-85(106-89(94)76-72-68-64-60-56-52-48-43-39-35-31-27-23-19-15-11-7-3)82-104-108(97,98)102-78-83(90)77-101-107(95,96)103-81-84(105-88(93)75-71-67-63-59-55-51-45-36-32-28-24-20-16-12-8-4)79-99-86(91)73-69-65-61-57-53-49-46-42-38-34-30-26-22-18-14-10-6-2/h10-11,14-15,21-28,33-39,41,44-46,48-49,52,83-85,90H,5-9,12-13,16-20,29-32,40,42-43,47,50-51,53-82H2,1-4H3,(H,95,96)(H,97,98)/b14-10-,15-11-,25-21-,26-22-,27-23-,28-24-,37-33-,38-34-,39-35-,44-41-,45-36-,49-46-,52-48-. The first kappa shape index (κ1) is 103. The number of carbonyl (C=O) groups excluding carboxylic acids is 4. The lowest BCUT2D eigenvalue weighted by Gasteiger charge is -2.21. The summed E-state index contributed by atoms with van der Waals surface area (Å²) in [4.78, 5) is 73.2. The van der Waals surface area contributed by atoms with E-state index in [1.54, 1.807) is 0 Å². The van der Waals surface area contributed by atoms with Gasteiger partial charge in [0.1, 0.15) is 19.3 Å². The highest BCUT2D eigenvalue weighted by Crippen LogP contribution is 2.45. The van der Waals surface area contributed by atoms with E-state index < -0.39 is 97.5 Å². The highest BCUT2D eigenvalue weighted by molar-refractivity contribution is 7.47. The van der Waals surface area contributed by atoms with Crippen LogP contribution in [0.25, 0.3) is 0 Å². The molecule has 0 aliphatic heterocycles. The maximum Gasteiger partial charge on any atom is 0.472 e. The molecule has 0 aliphatic carbocycles. The number of esters is 4. The molecular formula is C89H148O17P2. The fourth-order valence-corrected chi connectivity index (χ4v) is 12.2. The molecule has 0 radical (unpaired) electrons. The highest BCUT2D eigenvalue weighted by Gasteiger charge is 2.30. The smallest absolute Gasteiger partial charge is 0.462 e. The first-order valence-electron chi connectivity index (χ1n) is 41.7. The second-order valence-electron chi connectivity index (χ2n) is 27.3.